The van der Waals surface area contributed by atoms with E-state index in [1.807, 2.05) is 25.1 Å². The molecular formula is C22H24N2O2S2. The third-order valence-electron chi connectivity index (χ3n) is 4.78. The molecule has 4 rings (SSSR count). The number of hydrogen-bond acceptors (Lipinski definition) is 5. The zero-order valence-electron chi connectivity index (χ0n) is 16.4. The third kappa shape index (κ3) is 3.81. The third-order valence-corrected chi connectivity index (χ3v) is 6.40. The molecule has 0 unspecified atom stereocenters. The van der Waals surface area contributed by atoms with Gasteiger partial charge in [-0.25, -0.2) is 4.98 Å². The summed E-state index contributed by atoms with van der Waals surface area (Å²) in [5, 5.41) is 1.01. The van der Waals surface area contributed by atoms with Crippen LogP contribution in [-0.4, -0.2) is 20.9 Å². The molecule has 28 heavy (non-hydrogen) atoms. The zero-order chi connectivity index (χ0) is 19.9. The summed E-state index contributed by atoms with van der Waals surface area (Å²) in [6, 6.07) is 10.3. The minimum absolute atomic E-state index is 0.228. The molecule has 3 aromatic rings. The van der Waals surface area contributed by atoms with E-state index in [2.05, 4.69) is 37.1 Å². The number of thioether (sulfide) groups is 1. The van der Waals surface area contributed by atoms with Crippen LogP contribution in [0.25, 0.3) is 11.1 Å². The average molecular weight is 413 g/mol. The van der Waals surface area contributed by atoms with Gasteiger partial charge in [0.05, 0.1) is 12.1 Å². The van der Waals surface area contributed by atoms with Gasteiger partial charge in [-0.2, -0.15) is 0 Å². The van der Waals surface area contributed by atoms with E-state index < -0.39 is 0 Å². The van der Waals surface area contributed by atoms with Crippen molar-refractivity contribution in [2.75, 3.05) is 5.75 Å². The molecule has 146 valence electrons. The van der Waals surface area contributed by atoms with Gasteiger partial charge in [0, 0.05) is 17.7 Å². The minimum atomic E-state index is -0.228. The van der Waals surface area contributed by atoms with Gasteiger partial charge < -0.3 is 13.7 Å². The molecule has 0 radical (unpaired) electrons. The molecule has 3 heterocycles. The van der Waals surface area contributed by atoms with Crippen LogP contribution in [0.1, 0.15) is 37.7 Å². The molecule has 0 fully saturated rings. The van der Waals surface area contributed by atoms with Gasteiger partial charge in [-0.15, -0.1) is 0 Å². The van der Waals surface area contributed by atoms with Gasteiger partial charge in [-0.05, 0) is 38.6 Å². The van der Waals surface area contributed by atoms with E-state index in [0.29, 0.717) is 17.9 Å². The lowest BCUT2D eigenvalue weighted by Crippen LogP contribution is -2.31. The Hall–Kier alpha value is -1.89. The van der Waals surface area contributed by atoms with Crippen molar-refractivity contribution in [1.82, 2.24) is 9.55 Å². The first-order valence-corrected chi connectivity index (χ1v) is 10.7. The van der Waals surface area contributed by atoms with Gasteiger partial charge in [0.25, 0.3) is 0 Å². The number of aromatic nitrogens is 2. The van der Waals surface area contributed by atoms with Crippen molar-refractivity contribution in [3.63, 3.8) is 0 Å². The highest BCUT2D eigenvalue weighted by atomic mass is 32.2. The van der Waals surface area contributed by atoms with Gasteiger partial charge in [-0.3, -0.25) is 0 Å². The van der Waals surface area contributed by atoms with Crippen molar-refractivity contribution in [3.8, 4) is 0 Å². The SMILES string of the molecule is C=C(C)CSc1c2oc3c(c2nc(=S)n1Cc1ccccc1)CC(C)(C)OC3. The molecule has 0 saturated heterocycles. The van der Waals surface area contributed by atoms with Gasteiger partial charge >= 0.3 is 0 Å². The molecule has 6 heteroatoms. The predicted molar refractivity (Wildman–Crippen MR) is 116 cm³/mol. The molecule has 2 aromatic heterocycles. The maximum Gasteiger partial charge on any atom is 0.201 e. The van der Waals surface area contributed by atoms with E-state index in [1.54, 1.807) is 11.8 Å². The molecule has 0 amide bonds. The van der Waals surface area contributed by atoms with E-state index in [4.69, 9.17) is 26.4 Å². The highest BCUT2D eigenvalue weighted by Gasteiger charge is 2.32. The lowest BCUT2D eigenvalue weighted by Gasteiger charge is -2.28. The van der Waals surface area contributed by atoms with Crippen LogP contribution in [0.4, 0.5) is 0 Å². The standard InChI is InChI=1S/C22H24N2O2S2/c1-14(2)13-28-20-19-18(16-10-22(3,4)25-12-17(16)26-19)23-21(27)24(20)11-15-8-6-5-7-9-15/h5-9H,1,10-13H2,2-4H3. The Balaban J connectivity index is 1.89. The summed E-state index contributed by atoms with van der Waals surface area (Å²) < 4.78 is 14.9. The molecule has 4 nitrogen and oxygen atoms in total. The Labute approximate surface area is 174 Å². The largest absolute Gasteiger partial charge is 0.454 e. The molecule has 1 aliphatic rings. The second-order valence-electron chi connectivity index (χ2n) is 7.92. The predicted octanol–water partition coefficient (Wildman–Crippen LogP) is 5.93. The fourth-order valence-corrected chi connectivity index (χ4v) is 4.67. The molecule has 1 aromatic carbocycles. The van der Waals surface area contributed by atoms with Crippen LogP contribution in [0.5, 0.6) is 0 Å². The van der Waals surface area contributed by atoms with E-state index in [9.17, 15) is 0 Å². The van der Waals surface area contributed by atoms with E-state index in [-0.39, 0.29) is 5.60 Å². The van der Waals surface area contributed by atoms with Gasteiger partial charge in [0.1, 0.15) is 22.9 Å². The Morgan fingerprint density at radius 2 is 2.07 bits per heavy atom. The molecule has 0 bridgehead atoms. The maximum absolute atomic E-state index is 6.28. The monoisotopic (exact) mass is 412 g/mol. The second kappa shape index (κ2) is 7.50. The van der Waals surface area contributed by atoms with E-state index in [1.165, 1.54) is 5.56 Å². The van der Waals surface area contributed by atoms with Gasteiger partial charge in [-0.1, -0.05) is 54.2 Å². The van der Waals surface area contributed by atoms with Crippen molar-refractivity contribution >= 4 is 35.1 Å². The fourth-order valence-electron chi connectivity index (χ4n) is 3.41. The second-order valence-corrected chi connectivity index (χ2v) is 9.25. The molecule has 0 atom stereocenters. The first kappa shape index (κ1) is 19.4. The number of rotatable bonds is 5. The number of nitrogens with zero attached hydrogens (tertiary/aromatic N) is 2. The molecular weight excluding hydrogens is 388 g/mol. The quantitative estimate of drug-likeness (QED) is 0.225. The van der Waals surface area contributed by atoms with Gasteiger partial charge in [0.15, 0.2) is 5.58 Å². The van der Waals surface area contributed by atoms with Crippen molar-refractivity contribution in [1.29, 1.82) is 0 Å². The first-order valence-electron chi connectivity index (χ1n) is 9.34. The smallest absolute Gasteiger partial charge is 0.201 e. The fraction of sp³-hybridized carbons (Fsp3) is 0.364. The minimum Gasteiger partial charge on any atom is -0.454 e. The van der Waals surface area contributed by atoms with Crippen LogP contribution in [0, 0.1) is 4.77 Å². The summed E-state index contributed by atoms with van der Waals surface area (Å²) in [5.74, 6) is 1.67. The summed E-state index contributed by atoms with van der Waals surface area (Å²) in [4.78, 5) is 4.79. The topological polar surface area (TPSA) is 40.2 Å². The number of furan rings is 1. The Kier molecular flexibility index (Phi) is 5.21. The van der Waals surface area contributed by atoms with Crippen LogP contribution in [0.3, 0.4) is 0 Å². The molecule has 1 aliphatic heterocycles. The summed E-state index contributed by atoms with van der Waals surface area (Å²) in [6.45, 7) is 11.4. The van der Waals surface area contributed by atoms with Crippen LogP contribution in [-0.2, 0) is 24.3 Å². The van der Waals surface area contributed by atoms with Crippen molar-refractivity contribution in [3.05, 3.63) is 64.1 Å². The maximum atomic E-state index is 6.28. The molecule has 0 N–H and O–H groups in total. The summed E-state index contributed by atoms with van der Waals surface area (Å²) in [5.41, 5.74) is 4.87. The first-order chi connectivity index (χ1) is 13.3. The Morgan fingerprint density at radius 1 is 1.32 bits per heavy atom. The number of benzene rings is 1. The van der Waals surface area contributed by atoms with Crippen LogP contribution in [0.2, 0.25) is 0 Å². The van der Waals surface area contributed by atoms with Crippen LogP contribution in [0.15, 0.2) is 51.9 Å². The van der Waals surface area contributed by atoms with Crippen molar-refractivity contribution < 1.29 is 9.15 Å². The van der Waals surface area contributed by atoms with Crippen molar-refractivity contribution in [2.24, 2.45) is 0 Å². The normalized spacial score (nSPS) is 15.5. The number of ether oxygens (including phenoxy) is 1. The molecule has 0 spiro atoms. The lowest BCUT2D eigenvalue weighted by atomic mass is 9.95. The zero-order valence-corrected chi connectivity index (χ0v) is 18.1. The summed E-state index contributed by atoms with van der Waals surface area (Å²) in [6.07, 6.45) is 0.768. The Morgan fingerprint density at radius 3 is 2.79 bits per heavy atom. The highest BCUT2D eigenvalue weighted by Crippen LogP contribution is 2.38. The molecule has 0 aliphatic carbocycles. The van der Waals surface area contributed by atoms with E-state index in [0.717, 1.165) is 45.2 Å². The summed E-state index contributed by atoms with van der Waals surface area (Å²) >= 11 is 7.42. The van der Waals surface area contributed by atoms with E-state index >= 15 is 0 Å². The highest BCUT2D eigenvalue weighted by molar-refractivity contribution is 7.99. The van der Waals surface area contributed by atoms with Crippen molar-refractivity contribution in [2.45, 2.75) is 51.0 Å². The number of hydrogen-bond donors (Lipinski definition) is 0. The molecule has 0 saturated carbocycles. The summed E-state index contributed by atoms with van der Waals surface area (Å²) in [7, 11) is 0. The van der Waals surface area contributed by atoms with Crippen LogP contribution >= 0.6 is 24.0 Å². The Bertz CT molecular complexity index is 1100. The number of fused-ring (bicyclic) bond motifs is 3. The van der Waals surface area contributed by atoms with Gasteiger partial charge in [0.2, 0.25) is 4.77 Å². The average Bonchev–Trinajstić information content (AvgIpc) is 2.98. The lowest BCUT2D eigenvalue weighted by molar-refractivity contribution is -0.0477. The van der Waals surface area contributed by atoms with Crippen LogP contribution < -0.4 is 0 Å².